The highest BCUT2D eigenvalue weighted by molar-refractivity contribution is 5.91. The summed E-state index contributed by atoms with van der Waals surface area (Å²) in [5, 5.41) is 0. The maximum Gasteiger partial charge on any atom is 0.338 e. The fourth-order valence-electron chi connectivity index (χ4n) is 10.1. The van der Waals surface area contributed by atoms with Crippen LogP contribution in [0.4, 0.5) is 0 Å². The first-order chi connectivity index (χ1) is 27.5. The second-order valence-electron chi connectivity index (χ2n) is 17.4. The minimum Gasteiger partial charge on any atom is -0.458 e. The van der Waals surface area contributed by atoms with Gasteiger partial charge in [-0.3, -0.25) is 0 Å². The summed E-state index contributed by atoms with van der Waals surface area (Å²) in [5.74, 6) is 2.59. The van der Waals surface area contributed by atoms with E-state index in [9.17, 15) is 9.59 Å². The molecule has 4 aromatic rings. The Morgan fingerprint density at radius 1 is 0.500 bits per heavy atom. The van der Waals surface area contributed by atoms with Crippen LogP contribution in [0.1, 0.15) is 167 Å². The smallest absolute Gasteiger partial charge is 0.338 e. The van der Waals surface area contributed by atoms with Gasteiger partial charge in [0.2, 0.25) is 0 Å². The number of carbonyl (C=O) groups is 2. The van der Waals surface area contributed by atoms with E-state index in [1.165, 1.54) is 94.6 Å². The maximum absolute atomic E-state index is 13.5. The van der Waals surface area contributed by atoms with Gasteiger partial charge in [-0.05, 0) is 151 Å². The predicted molar refractivity (Wildman–Crippen MR) is 229 cm³/mol. The summed E-state index contributed by atoms with van der Waals surface area (Å²) in [7, 11) is 0. The average Bonchev–Trinajstić information content (AvgIpc) is 3.26. The Hall–Kier alpha value is -4.18. The van der Waals surface area contributed by atoms with Gasteiger partial charge < -0.3 is 9.47 Å². The van der Waals surface area contributed by atoms with Crippen LogP contribution in [0.5, 0.6) is 0 Å². The van der Waals surface area contributed by atoms with Crippen molar-refractivity contribution in [3.8, 4) is 22.3 Å². The van der Waals surface area contributed by atoms with Crippen molar-refractivity contribution in [2.24, 2.45) is 17.8 Å². The fraction of sp³-hybridized carbons (Fsp3) is 0.500. The Bertz CT molecular complexity index is 1800. The van der Waals surface area contributed by atoms with Gasteiger partial charge >= 0.3 is 11.9 Å². The molecule has 1 unspecified atom stereocenters. The van der Waals surface area contributed by atoms with Crippen molar-refractivity contribution in [3.63, 3.8) is 0 Å². The van der Waals surface area contributed by atoms with Crippen molar-refractivity contribution in [1.82, 2.24) is 0 Å². The second-order valence-corrected chi connectivity index (χ2v) is 17.4. The number of rotatable bonds is 14. The van der Waals surface area contributed by atoms with Gasteiger partial charge in [0.05, 0.1) is 11.1 Å². The van der Waals surface area contributed by atoms with E-state index in [4.69, 9.17) is 9.47 Å². The first kappa shape index (κ1) is 40.0. The zero-order chi connectivity index (χ0) is 38.7. The zero-order valence-corrected chi connectivity index (χ0v) is 34.1. The van der Waals surface area contributed by atoms with Gasteiger partial charge in [-0.2, -0.15) is 0 Å². The van der Waals surface area contributed by atoms with Crippen molar-refractivity contribution < 1.29 is 19.1 Å². The lowest BCUT2D eigenvalue weighted by molar-refractivity contribution is -0.0247. The van der Waals surface area contributed by atoms with Gasteiger partial charge in [-0.15, -0.1) is 0 Å². The van der Waals surface area contributed by atoms with Crippen molar-refractivity contribution in [1.29, 1.82) is 0 Å². The van der Waals surface area contributed by atoms with Crippen LogP contribution in [0.25, 0.3) is 22.3 Å². The van der Waals surface area contributed by atoms with Gasteiger partial charge in [0.25, 0.3) is 0 Å². The molecule has 0 amide bonds. The first-order valence-corrected chi connectivity index (χ1v) is 22.3. The van der Waals surface area contributed by atoms with Crippen LogP contribution in [-0.2, 0) is 9.47 Å². The van der Waals surface area contributed by atoms with E-state index in [2.05, 4.69) is 62.4 Å². The molecule has 4 nitrogen and oxygen atoms in total. The Kier molecular flexibility index (Phi) is 14.2. The number of benzene rings is 4. The van der Waals surface area contributed by atoms with Crippen LogP contribution in [0.2, 0.25) is 0 Å². The van der Waals surface area contributed by atoms with Crippen molar-refractivity contribution >= 4 is 11.9 Å². The molecule has 0 spiro atoms. The Labute approximate surface area is 336 Å². The lowest BCUT2D eigenvalue weighted by atomic mass is 9.77. The van der Waals surface area contributed by atoms with E-state index < -0.39 is 6.10 Å². The number of hydrogen-bond acceptors (Lipinski definition) is 4. The number of carbonyl (C=O) groups excluding carboxylic acids is 2. The molecule has 0 radical (unpaired) electrons. The SMILES string of the molecule is CCC[C@H]1CC[C@H](c2ccc(-c3ccc(C(=O)OCC(OC(=O)c4ccc(-c5ccc([C@H]6CC[C@H](CCC)CC6)cc5)cc4)C4CCCCC4)cc3)cc2)CC1. The summed E-state index contributed by atoms with van der Waals surface area (Å²) in [6.45, 7) is 4.65. The predicted octanol–water partition coefficient (Wildman–Crippen LogP) is 14.1. The second kappa shape index (κ2) is 19.8. The highest BCUT2D eigenvalue weighted by Gasteiger charge is 2.29. The monoisotopic (exact) mass is 752 g/mol. The quantitative estimate of drug-likeness (QED) is 0.120. The van der Waals surface area contributed by atoms with Crippen molar-refractivity contribution in [2.45, 2.75) is 141 Å². The van der Waals surface area contributed by atoms with Gasteiger partial charge in [0.15, 0.2) is 0 Å². The summed E-state index contributed by atoms with van der Waals surface area (Å²) in [4.78, 5) is 26.8. The van der Waals surface area contributed by atoms with Crippen LogP contribution in [0.15, 0.2) is 97.1 Å². The normalized spacial score (nSPS) is 22.2. The molecule has 3 aliphatic carbocycles. The third-order valence-corrected chi connectivity index (χ3v) is 13.6. The van der Waals surface area contributed by atoms with Crippen LogP contribution < -0.4 is 0 Å². The third-order valence-electron chi connectivity index (χ3n) is 13.6. The Morgan fingerprint density at radius 3 is 1.30 bits per heavy atom. The molecule has 0 heterocycles. The van der Waals surface area contributed by atoms with Gasteiger partial charge in [0, 0.05) is 0 Å². The molecule has 0 bridgehead atoms. The standard InChI is InChI=1S/C52H64O4/c1-3-8-37-12-16-39(17-13-37)41-20-24-43(25-21-41)45-28-32-48(33-29-45)51(53)55-36-50(47-10-6-5-7-11-47)56-52(54)49-34-30-46(31-35-49)44-26-22-42(23-27-44)40-18-14-38(9-4-2)15-19-40/h20-35,37-40,47,50H,3-19,36H2,1-2H3/t37-,38-,39-,40-,50?. The molecule has 3 aliphatic rings. The summed E-state index contributed by atoms with van der Waals surface area (Å²) in [5.41, 5.74) is 8.39. The molecule has 0 aliphatic heterocycles. The minimum atomic E-state index is -0.476. The highest BCUT2D eigenvalue weighted by atomic mass is 16.6. The van der Waals surface area contributed by atoms with E-state index in [1.54, 1.807) is 0 Å². The maximum atomic E-state index is 13.5. The summed E-state index contributed by atoms with van der Waals surface area (Å²) < 4.78 is 12.0. The van der Waals surface area contributed by atoms with Gasteiger partial charge in [-0.25, -0.2) is 9.59 Å². The van der Waals surface area contributed by atoms with Crippen LogP contribution >= 0.6 is 0 Å². The molecule has 0 saturated heterocycles. The average molecular weight is 753 g/mol. The first-order valence-electron chi connectivity index (χ1n) is 22.3. The summed E-state index contributed by atoms with van der Waals surface area (Å²) in [6, 6.07) is 33.5. The molecule has 296 valence electrons. The lowest BCUT2D eigenvalue weighted by Crippen LogP contribution is -2.33. The van der Waals surface area contributed by atoms with Crippen LogP contribution in [0, 0.1) is 17.8 Å². The largest absolute Gasteiger partial charge is 0.458 e. The molecule has 3 fully saturated rings. The van der Waals surface area contributed by atoms with Crippen molar-refractivity contribution in [2.75, 3.05) is 6.61 Å². The van der Waals surface area contributed by atoms with Gasteiger partial charge in [0.1, 0.15) is 12.7 Å². The topological polar surface area (TPSA) is 52.6 Å². The van der Waals surface area contributed by atoms with E-state index in [0.717, 1.165) is 59.8 Å². The fourth-order valence-corrected chi connectivity index (χ4v) is 10.1. The lowest BCUT2D eigenvalue weighted by Gasteiger charge is -2.29. The highest BCUT2D eigenvalue weighted by Crippen LogP contribution is 2.39. The number of ether oxygens (including phenoxy) is 2. The zero-order valence-electron chi connectivity index (χ0n) is 34.1. The molecule has 56 heavy (non-hydrogen) atoms. The molecular weight excluding hydrogens is 689 g/mol. The Balaban J connectivity index is 0.922. The number of hydrogen-bond donors (Lipinski definition) is 0. The molecule has 0 N–H and O–H groups in total. The molecule has 3 saturated carbocycles. The molecular formula is C52H64O4. The van der Waals surface area contributed by atoms with E-state index in [1.807, 2.05) is 48.5 Å². The van der Waals surface area contributed by atoms with Crippen LogP contribution in [0.3, 0.4) is 0 Å². The molecule has 4 aromatic carbocycles. The van der Waals surface area contributed by atoms with E-state index in [-0.39, 0.29) is 24.5 Å². The van der Waals surface area contributed by atoms with Crippen LogP contribution in [-0.4, -0.2) is 24.6 Å². The molecule has 7 rings (SSSR count). The van der Waals surface area contributed by atoms with E-state index in [0.29, 0.717) is 23.0 Å². The third kappa shape index (κ3) is 10.4. The van der Waals surface area contributed by atoms with Crippen molar-refractivity contribution in [3.05, 3.63) is 119 Å². The summed E-state index contributed by atoms with van der Waals surface area (Å²) >= 11 is 0. The Morgan fingerprint density at radius 2 is 0.893 bits per heavy atom. The molecule has 4 heteroatoms. The van der Waals surface area contributed by atoms with Gasteiger partial charge in [-0.1, -0.05) is 132 Å². The summed E-state index contributed by atoms with van der Waals surface area (Å²) in [6.07, 6.45) is 20.8. The molecule has 0 aromatic heterocycles. The number of esters is 2. The minimum absolute atomic E-state index is 0.0590. The molecule has 1 atom stereocenters. The van der Waals surface area contributed by atoms with E-state index >= 15 is 0 Å².